The maximum Gasteiger partial charge on any atom is 0.423 e. The zero-order chi connectivity index (χ0) is 33.2. The molecule has 0 aromatic heterocycles. The van der Waals surface area contributed by atoms with Crippen molar-refractivity contribution in [1.82, 2.24) is 9.80 Å². The van der Waals surface area contributed by atoms with E-state index in [-0.39, 0.29) is 29.9 Å². The van der Waals surface area contributed by atoms with Crippen molar-refractivity contribution < 1.29 is 36.0 Å². The highest BCUT2D eigenvalue weighted by atomic mass is 19.4. The monoisotopic (exact) mass is 652 g/mol. The van der Waals surface area contributed by atoms with Crippen LogP contribution in [-0.2, 0) is 23.6 Å². The molecule has 3 aromatic rings. The van der Waals surface area contributed by atoms with Crippen LogP contribution in [0.25, 0.3) is 10.8 Å². The van der Waals surface area contributed by atoms with Crippen molar-refractivity contribution in [3.63, 3.8) is 0 Å². The molecule has 0 bridgehead atoms. The second kappa shape index (κ2) is 13.7. The van der Waals surface area contributed by atoms with E-state index in [1.165, 1.54) is 18.2 Å². The normalized spacial score (nSPS) is 23.5. The van der Waals surface area contributed by atoms with E-state index in [1.54, 1.807) is 6.07 Å². The maximum atomic E-state index is 13.3. The topological polar surface area (TPSA) is 70.9 Å². The quantitative estimate of drug-likeness (QED) is 0.143. The van der Waals surface area contributed by atoms with E-state index in [0.29, 0.717) is 31.4 Å². The zero-order valence-corrected chi connectivity index (χ0v) is 25.7. The van der Waals surface area contributed by atoms with Gasteiger partial charge in [0.1, 0.15) is 5.56 Å². The first-order valence-electron chi connectivity index (χ1n) is 15.5. The number of anilines is 1. The fraction of sp³-hybridized carbons (Fsp3) is 0.515. The standard InChI is InChI=1S/C33H38F6N4O3/c1-21-18-41(19-22(2)42(21)20-23-3-4-25-16-26(32(34,35)36)6-5-24(25)15-23)13-14-46-29-10-7-27(8-11-29)40-28-9-12-31(43(44)45)30(17-28)33(37,38)39/h3-6,9,12,15-17,21-22,27,29,40H,7-8,10-11,13-14,18-20H2,1-2H3/t21-,22+,27?,29?. The fourth-order valence-corrected chi connectivity index (χ4v) is 6.71. The maximum absolute atomic E-state index is 13.3. The summed E-state index contributed by atoms with van der Waals surface area (Å²) in [5.41, 5.74) is -1.60. The third-order valence-electron chi connectivity index (χ3n) is 9.08. The van der Waals surface area contributed by atoms with Crippen LogP contribution >= 0.6 is 0 Å². The molecule has 0 spiro atoms. The van der Waals surface area contributed by atoms with Gasteiger partial charge in [0.25, 0.3) is 5.69 Å². The molecular formula is C33H38F6N4O3. The Morgan fingerprint density at radius 2 is 1.52 bits per heavy atom. The lowest BCUT2D eigenvalue weighted by atomic mass is 9.92. The van der Waals surface area contributed by atoms with Crippen molar-refractivity contribution in [2.75, 3.05) is 31.6 Å². The minimum atomic E-state index is -4.82. The number of nitro groups is 1. The summed E-state index contributed by atoms with van der Waals surface area (Å²) in [6.45, 7) is 8.14. The number of nitrogens with zero attached hydrogens (tertiary/aromatic N) is 3. The molecule has 46 heavy (non-hydrogen) atoms. The number of ether oxygens (including phenoxy) is 1. The summed E-state index contributed by atoms with van der Waals surface area (Å²) < 4.78 is 85.4. The number of rotatable bonds is 9. The minimum Gasteiger partial charge on any atom is -0.382 e. The molecule has 2 fully saturated rings. The van der Waals surface area contributed by atoms with Gasteiger partial charge in [-0.25, -0.2) is 0 Å². The van der Waals surface area contributed by atoms with E-state index >= 15 is 0 Å². The molecule has 1 aliphatic carbocycles. The van der Waals surface area contributed by atoms with E-state index in [2.05, 4.69) is 29.0 Å². The summed E-state index contributed by atoms with van der Waals surface area (Å²) in [4.78, 5) is 14.8. The number of nitro benzene ring substituents is 1. The van der Waals surface area contributed by atoms with Crippen molar-refractivity contribution in [2.24, 2.45) is 0 Å². The molecule has 2 atom stereocenters. The molecule has 1 saturated heterocycles. The Morgan fingerprint density at radius 3 is 2.15 bits per heavy atom. The molecule has 0 unspecified atom stereocenters. The number of benzene rings is 3. The molecule has 1 aliphatic heterocycles. The van der Waals surface area contributed by atoms with E-state index in [1.807, 2.05) is 12.1 Å². The van der Waals surface area contributed by atoms with Gasteiger partial charge in [0.2, 0.25) is 0 Å². The smallest absolute Gasteiger partial charge is 0.382 e. The Morgan fingerprint density at radius 1 is 0.870 bits per heavy atom. The Labute approximate surface area is 263 Å². The van der Waals surface area contributed by atoms with Crippen LogP contribution in [0.3, 0.4) is 0 Å². The average molecular weight is 653 g/mol. The molecule has 13 heteroatoms. The van der Waals surface area contributed by atoms with Crippen molar-refractivity contribution in [3.05, 3.63) is 81.4 Å². The van der Waals surface area contributed by atoms with Gasteiger partial charge < -0.3 is 10.1 Å². The van der Waals surface area contributed by atoms with Gasteiger partial charge in [0.15, 0.2) is 0 Å². The third kappa shape index (κ3) is 8.29. The Hall–Kier alpha value is -3.42. The van der Waals surface area contributed by atoms with Crippen LogP contribution in [0.15, 0.2) is 54.6 Å². The van der Waals surface area contributed by atoms with Gasteiger partial charge in [0, 0.05) is 56.1 Å². The van der Waals surface area contributed by atoms with Crippen molar-refractivity contribution in [1.29, 1.82) is 0 Å². The minimum absolute atomic E-state index is 0.0443. The van der Waals surface area contributed by atoms with Crippen LogP contribution in [0.1, 0.15) is 56.2 Å². The molecule has 7 nitrogen and oxygen atoms in total. The summed E-state index contributed by atoms with van der Waals surface area (Å²) in [6.07, 6.45) is -6.16. The number of nitrogens with one attached hydrogen (secondary N) is 1. The van der Waals surface area contributed by atoms with Crippen LogP contribution in [-0.4, -0.2) is 65.2 Å². The fourth-order valence-electron chi connectivity index (χ4n) is 6.71. The lowest BCUT2D eigenvalue weighted by Crippen LogP contribution is -2.56. The second-order valence-electron chi connectivity index (χ2n) is 12.5. The van der Waals surface area contributed by atoms with Crippen molar-refractivity contribution >= 4 is 22.1 Å². The summed E-state index contributed by atoms with van der Waals surface area (Å²) in [7, 11) is 0. The molecule has 1 N–H and O–H groups in total. The first-order valence-corrected chi connectivity index (χ1v) is 15.5. The third-order valence-corrected chi connectivity index (χ3v) is 9.08. The van der Waals surface area contributed by atoms with Crippen molar-refractivity contribution in [3.8, 4) is 0 Å². The molecule has 5 rings (SSSR count). The number of hydrogen-bond acceptors (Lipinski definition) is 6. The molecule has 250 valence electrons. The van der Waals surface area contributed by atoms with Gasteiger partial charge in [0.05, 0.1) is 23.2 Å². The lowest BCUT2D eigenvalue weighted by Gasteiger charge is -2.44. The number of fused-ring (bicyclic) bond motifs is 1. The van der Waals surface area contributed by atoms with Gasteiger partial charge in [-0.05, 0) is 86.2 Å². The summed E-state index contributed by atoms with van der Waals surface area (Å²) in [5.74, 6) is 0. The van der Waals surface area contributed by atoms with Gasteiger partial charge in [-0.3, -0.25) is 19.9 Å². The first-order chi connectivity index (χ1) is 21.7. The predicted octanol–water partition coefficient (Wildman–Crippen LogP) is 8.12. The average Bonchev–Trinajstić information content (AvgIpc) is 2.98. The molecule has 2 aliphatic rings. The number of halogens is 6. The van der Waals surface area contributed by atoms with Gasteiger partial charge in [-0.1, -0.05) is 18.2 Å². The highest BCUT2D eigenvalue weighted by Gasteiger charge is 2.39. The molecule has 3 aromatic carbocycles. The van der Waals surface area contributed by atoms with Crippen LogP contribution in [0.2, 0.25) is 0 Å². The second-order valence-corrected chi connectivity index (χ2v) is 12.5. The molecular weight excluding hydrogens is 614 g/mol. The van der Waals surface area contributed by atoms with Crippen LogP contribution in [0.5, 0.6) is 0 Å². The Balaban J connectivity index is 1.05. The highest BCUT2D eigenvalue weighted by Crippen LogP contribution is 2.38. The highest BCUT2D eigenvalue weighted by molar-refractivity contribution is 5.84. The molecule has 1 saturated carbocycles. The molecule has 1 heterocycles. The van der Waals surface area contributed by atoms with Gasteiger partial charge in [-0.2, -0.15) is 26.3 Å². The first kappa shape index (κ1) is 33.9. The summed E-state index contributed by atoms with van der Waals surface area (Å²) >= 11 is 0. The lowest BCUT2D eigenvalue weighted by molar-refractivity contribution is -0.388. The van der Waals surface area contributed by atoms with Gasteiger partial charge >= 0.3 is 12.4 Å². The summed E-state index contributed by atoms with van der Waals surface area (Å²) in [6, 6.07) is 13.0. The Kier molecular flexibility index (Phi) is 10.1. The van der Waals surface area contributed by atoms with Crippen molar-refractivity contribution in [2.45, 2.75) is 82.7 Å². The van der Waals surface area contributed by atoms with Crippen LogP contribution in [0.4, 0.5) is 37.7 Å². The zero-order valence-electron chi connectivity index (χ0n) is 25.7. The molecule has 0 radical (unpaired) electrons. The largest absolute Gasteiger partial charge is 0.423 e. The SMILES string of the molecule is C[C@@H]1CN(CCOC2CCC(Nc3ccc([N+](=O)[O-])c(C(F)(F)F)c3)CC2)C[C@H](C)N1Cc1ccc2cc(C(F)(F)F)ccc2c1. The van der Waals surface area contributed by atoms with Crippen LogP contribution in [0, 0.1) is 10.1 Å². The van der Waals surface area contributed by atoms with E-state index in [9.17, 15) is 36.5 Å². The number of piperazine rings is 1. The van der Waals surface area contributed by atoms with E-state index in [0.717, 1.165) is 61.6 Å². The predicted molar refractivity (Wildman–Crippen MR) is 164 cm³/mol. The van der Waals surface area contributed by atoms with E-state index < -0.39 is 34.1 Å². The molecule has 0 amide bonds. The van der Waals surface area contributed by atoms with Gasteiger partial charge in [-0.15, -0.1) is 0 Å². The number of alkyl halides is 6. The Bertz CT molecular complexity index is 1510. The summed E-state index contributed by atoms with van der Waals surface area (Å²) in [5, 5.41) is 15.5. The number of hydrogen-bond donors (Lipinski definition) is 1. The van der Waals surface area contributed by atoms with E-state index in [4.69, 9.17) is 4.74 Å². The van der Waals surface area contributed by atoms with Crippen LogP contribution < -0.4 is 5.32 Å².